The van der Waals surface area contributed by atoms with Gasteiger partial charge in [0.25, 0.3) is 0 Å². The Morgan fingerprint density at radius 2 is 1.81 bits per heavy atom. The van der Waals surface area contributed by atoms with E-state index in [0.29, 0.717) is 10.6 Å². The zero-order chi connectivity index (χ0) is 22.2. The van der Waals surface area contributed by atoms with Crippen molar-refractivity contribution < 1.29 is 22.4 Å². The number of benzene rings is 1. The number of piperidine rings is 1. The van der Waals surface area contributed by atoms with Gasteiger partial charge in [-0.15, -0.1) is 0 Å². The van der Waals surface area contributed by atoms with E-state index in [-0.39, 0.29) is 44.0 Å². The number of nitrogens with two attached hydrogens (primary N) is 1. The van der Waals surface area contributed by atoms with E-state index in [1.165, 1.54) is 17.2 Å². The number of amides is 1. The van der Waals surface area contributed by atoms with Crippen LogP contribution < -0.4 is 15.8 Å². The summed E-state index contributed by atoms with van der Waals surface area (Å²) in [5.74, 6) is 4.74. The van der Waals surface area contributed by atoms with Gasteiger partial charge >= 0.3 is 6.18 Å². The van der Waals surface area contributed by atoms with Gasteiger partial charge in [0.2, 0.25) is 5.91 Å². The van der Waals surface area contributed by atoms with Crippen molar-refractivity contribution in [1.82, 2.24) is 4.98 Å². The monoisotopic (exact) mass is 436 g/mol. The van der Waals surface area contributed by atoms with Crippen LogP contribution in [0, 0.1) is 5.92 Å². The summed E-state index contributed by atoms with van der Waals surface area (Å²) in [6.45, 7) is 0.192. The number of aromatic nitrogens is 1. The number of anilines is 2. The largest absolute Gasteiger partial charge is 0.422 e. The van der Waals surface area contributed by atoms with E-state index in [4.69, 9.17) is 5.84 Å². The minimum atomic E-state index is -4.78. The number of nitrogens with zero attached hydrogens (tertiary/aromatic N) is 3. The first-order valence-electron chi connectivity index (χ1n) is 10.3. The predicted octanol–water partition coefficient (Wildman–Crippen LogP) is 4.57. The van der Waals surface area contributed by atoms with Crippen molar-refractivity contribution in [3.8, 4) is 0 Å². The summed E-state index contributed by atoms with van der Waals surface area (Å²) >= 11 is 0. The van der Waals surface area contributed by atoms with E-state index in [1.807, 2.05) is 0 Å². The molecule has 2 heterocycles. The third kappa shape index (κ3) is 4.51. The number of carbonyl (C=O) groups is 1. The van der Waals surface area contributed by atoms with Gasteiger partial charge in [0.1, 0.15) is 11.2 Å². The molecule has 1 saturated carbocycles. The lowest BCUT2D eigenvalue weighted by Gasteiger charge is -2.39. The number of hydrogen-bond acceptors (Lipinski definition) is 4. The molecule has 1 aliphatic carbocycles. The average molecular weight is 436 g/mol. The highest BCUT2D eigenvalue weighted by Crippen LogP contribution is 2.45. The SMILES string of the molecule is NN(C(=O)CC1CC1)c1nccc(N2CCC(F)(c3ccccc3)CC2)c1C(F)(F)F. The van der Waals surface area contributed by atoms with E-state index in [9.17, 15) is 18.0 Å². The van der Waals surface area contributed by atoms with Crippen molar-refractivity contribution in [2.75, 3.05) is 23.0 Å². The van der Waals surface area contributed by atoms with E-state index >= 15 is 4.39 Å². The van der Waals surface area contributed by atoms with Crippen LogP contribution in [0.15, 0.2) is 42.6 Å². The molecular weight excluding hydrogens is 412 g/mol. The molecule has 2 fully saturated rings. The Morgan fingerprint density at radius 3 is 2.39 bits per heavy atom. The van der Waals surface area contributed by atoms with Gasteiger partial charge in [-0.25, -0.2) is 20.2 Å². The predicted molar refractivity (Wildman–Crippen MR) is 109 cm³/mol. The summed E-state index contributed by atoms with van der Waals surface area (Å²) < 4.78 is 57.6. The maximum atomic E-state index is 15.4. The molecule has 2 aromatic rings. The van der Waals surface area contributed by atoms with Crippen molar-refractivity contribution in [3.63, 3.8) is 0 Å². The number of carbonyl (C=O) groups excluding carboxylic acids is 1. The fraction of sp³-hybridized carbons (Fsp3) is 0.455. The third-order valence-electron chi connectivity index (χ3n) is 6.04. The summed E-state index contributed by atoms with van der Waals surface area (Å²) in [7, 11) is 0. The molecule has 0 bridgehead atoms. The van der Waals surface area contributed by atoms with E-state index in [0.717, 1.165) is 12.8 Å². The maximum Gasteiger partial charge on any atom is 0.422 e. The molecule has 1 aliphatic heterocycles. The molecule has 9 heteroatoms. The van der Waals surface area contributed by atoms with Crippen LogP contribution >= 0.6 is 0 Å². The van der Waals surface area contributed by atoms with Gasteiger partial charge < -0.3 is 4.90 Å². The molecule has 0 unspecified atom stereocenters. The molecule has 0 spiro atoms. The van der Waals surface area contributed by atoms with Gasteiger partial charge in [0.05, 0.1) is 5.69 Å². The van der Waals surface area contributed by atoms with Gasteiger partial charge in [-0.2, -0.15) is 13.2 Å². The molecule has 1 aromatic carbocycles. The van der Waals surface area contributed by atoms with Crippen molar-refractivity contribution >= 4 is 17.4 Å². The number of alkyl halides is 4. The Hall–Kier alpha value is -2.68. The van der Waals surface area contributed by atoms with Crippen LogP contribution in [-0.4, -0.2) is 24.0 Å². The van der Waals surface area contributed by atoms with Crippen molar-refractivity contribution in [2.45, 2.75) is 43.9 Å². The van der Waals surface area contributed by atoms with Crippen LogP contribution in [0.2, 0.25) is 0 Å². The summed E-state index contributed by atoms with van der Waals surface area (Å²) in [5, 5.41) is 0.512. The molecule has 5 nitrogen and oxygen atoms in total. The fourth-order valence-electron chi connectivity index (χ4n) is 4.07. The minimum absolute atomic E-state index is 0.0545. The third-order valence-corrected chi connectivity index (χ3v) is 6.04. The average Bonchev–Trinajstić information content (AvgIpc) is 3.57. The van der Waals surface area contributed by atoms with Gasteiger partial charge in [0.15, 0.2) is 5.82 Å². The molecular formula is C22H24F4N4O. The fourth-order valence-corrected chi connectivity index (χ4v) is 4.07. The molecule has 1 amide bonds. The van der Waals surface area contributed by atoms with E-state index in [2.05, 4.69) is 4.98 Å². The summed E-state index contributed by atoms with van der Waals surface area (Å²) in [6, 6.07) is 9.92. The number of halogens is 4. The molecule has 2 N–H and O–H groups in total. The second-order valence-electron chi connectivity index (χ2n) is 8.26. The quantitative estimate of drug-likeness (QED) is 0.323. The van der Waals surface area contributed by atoms with Gasteiger partial charge in [0, 0.05) is 38.5 Å². The second-order valence-corrected chi connectivity index (χ2v) is 8.26. The maximum absolute atomic E-state index is 15.4. The first kappa shape index (κ1) is 21.5. The Morgan fingerprint density at radius 1 is 1.16 bits per heavy atom. The zero-order valence-corrected chi connectivity index (χ0v) is 16.9. The van der Waals surface area contributed by atoms with Gasteiger partial charge in [-0.05, 0) is 30.4 Å². The lowest BCUT2D eigenvalue weighted by molar-refractivity contribution is -0.137. The van der Waals surface area contributed by atoms with Crippen LogP contribution in [0.25, 0.3) is 0 Å². The second kappa shape index (κ2) is 8.11. The van der Waals surface area contributed by atoms with Gasteiger partial charge in [-0.3, -0.25) is 4.79 Å². The first-order valence-corrected chi connectivity index (χ1v) is 10.3. The molecule has 0 radical (unpaired) electrons. The highest BCUT2D eigenvalue weighted by Gasteiger charge is 2.43. The van der Waals surface area contributed by atoms with Crippen molar-refractivity contribution in [3.05, 3.63) is 53.7 Å². The van der Waals surface area contributed by atoms with E-state index in [1.54, 1.807) is 30.3 Å². The van der Waals surface area contributed by atoms with Crippen LogP contribution in [0.1, 0.15) is 43.2 Å². The molecule has 2 aliphatic rings. The smallest absolute Gasteiger partial charge is 0.371 e. The van der Waals surface area contributed by atoms with Crippen molar-refractivity contribution in [1.29, 1.82) is 0 Å². The molecule has 166 valence electrons. The Balaban J connectivity index is 1.60. The highest BCUT2D eigenvalue weighted by molar-refractivity contribution is 5.93. The topological polar surface area (TPSA) is 62.5 Å². The van der Waals surface area contributed by atoms with Crippen LogP contribution in [0.4, 0.5) is 29.1 Å². The standard InChI is InChI=1S/C22H24F4N4O/c23-21(16-4-2-1-3-5-16)9-12-29(13-10-21)17-8-11-28-20(19(17)22(24,25)26)30(27)18(31)14-15-6-7-15/h1-5,8,11,15H,6-7,9-10,12-14,27H2. The summed E-state index contributed by atoms with van der Waals surface area (Å²) in [6.07, 6.45) is -1.61. The molecule has 1 aromatic heterocycles. The Bertz CT molecular complexity index is 938. The molecule has 31 heavy (non-hydrogen) atoms. The molecule has 4 rings (SSSR count). The minimum Gasteiger partial charge on any atom is -0.371 e. The van der Waals surface area contributed by atoms with Crippen LogP contribution in [-0.2, 0) is 16.6 Å². The van der Waals surface area contributed by atoms with E-state index < -0.39 is 29.1 Å². The summed E-state index contributed by atoms with van der Waals surface area (Å²) in [5.41, 5.74) is -2.26. The number of pyridine rings is 1. The molecule has 0 atom stereocenters. The number of rotatable bonds is 5. The zero-order valence-electron chi connectivity index (χ0n) is 16.9. The van der Waals surface area contributed by atoms with Crippen molar-refractivity contribution in [2.24, 2.45) is 11.8 Å². The lowest BCUT2D eigenvalue weighted by atomic mass is 9.86. The highest BCUT2D eigenvalue weighted by atomic mass is 19.4. The van der Waals surface area contributed by atoms with Crippen LogP contribution in [0.5, 0.6) is 0 Å². The number of hydrogen-bond donors (Lipinski definition) is 1. The summed E-state index contributed by atoms with van der Waals surface area (Å²) in [4.78, 5) is 17.6. The van der Waals surface area contributed by atoms with Crippen LogP contribution in [0.3, 0.4) is 0 Å². The normalized spacial score (nSPS) is 18.7. The number of hydrazine groups is 1. The Kier molecular flexibility index (Phi) is 5.63. The first-order chi connectivity index (χ1) is 14.7. The lowest BCUT2D eigenvalue weighted by Crippen LogP contribution is -2.43. The molecule has 1 saturated heterocycles. The van der Waals surface area contributed by atoms with Gasteiger partial charge in [-0.1, -0.05) is 30.3 Å². The Labute approximate surface area is 177 Å².